The van der Waals surface area contributed by atoms with Gasteiger partial charge < -0.3 is 16.2 Å². The SMILES string of the molecule is Cc1cc(Oc2ccc(C(N)=O)cc2)ccc1CN. The Balaban J connectivity index is 2.16. The summed E-state index contributed by atoms with van der Waals surface area (Å²) in [7, 11) is 0. The highest BCUT2D eigenvalue weighted by Gasteiger charge is 2.03. The van der Waals surface area contributed by atoms with Crippen LogP contribution in [0.5, 0.6) is 11.5 Å². The third kappa shape index (κ3) is 3.11. The standard InChI is InChI=1S/C15H16N2O2/c1-10-8-14(7-4-12(10)9-16)19-13-5-2-11(3-6-13)15(17)18/h2-8H,9,16H2,1H3,(H2,17,18). The van der Waals surface area contributed by atoms with E-state index in [0.717, 1.165) is 16.9 Å². The van der Waals surface area contributed by atoms with Gasteiger partial charge in [0.15, 0.2) is 0 Å². The molecule has 0 aliphatic rings. The number of aryl methyl sites for hydroxylation is 1. The first kappa shape index (κ1) is 13.1. The molecule has 0 heterocycles. The first-order chi connectivity index (χ1) is 9.10. The molecule has 0 radical (unpaired) electrons. The van der Waals surface area contributed by atoms with Gasteiger partial charge in [0.05, 0.1) is 0 Å². The van der Waals surface area contributed by atoms with E-state index in [-0.39, 0.29) is 0 Å². The van der Waals surface area contributed by atoms with Crippen LogP contribution < -0.4 is 16.2 Å². The van der Waals surface area contributed by atoms with Crippen molar-refractivity contribution in [2.75, 3.05) is 0 Å². The Morgan fingerprint density at radius 3 is 2.26 bits per heavy atom. The molecule has 2 rings (SSSR count). The average molecular weight is 256 g/mol. The molecule has 0 spiro atoms. The van der Waals surface area contributed by atoms with Gasteiger partial charge in [-0.2, -0.15) is 0 Å². The molecule has 4 nitrogen and oxygen atoms in total. The van der Waals surface area contributed by atoms with Gasteiger partial charge in [-0.1, -0.05) is 6.07 Å². The first-order valence-corrected chi connectivity index (χ1v) is 5.97. The highest BCUT2D eigenvalue weighted by molar-refractivity contribution is 5.92. The van der Waals surface area contributed by atoms with Gasteiger partial charge in [0.25, 0.3) is 0 Å². The Kier molecular flexibility index (Phi) is 3.82. The molecule has 0 aliphatic heterocycles. The minimum absolute atomic E-state index is 0.449. The molecule has 0 unspecified atom stereocenters. The molecule has 0 atom stereocenters. The minimum Gasteiger partial charge on any atom is -0.457 e. The molecule has 98 valence electrons. The maximum Gasteiger partial charge on any atom is 0.248 e. The van der Waals surface area contributed by atoms with E-state index >= 15 is 0 Å². The summed E-state index contributed by atoms with van der Waals surface area (Å²) in [4.78, 5) is 11.0. The lowest BCUT2D eigenvalue weighted by atomic mass is 10.1. The molecule has 0 aliphatic carbocycles. The highest BCUT2D eigenvalue weighted by Crippen LogP contribution is 2.24. The summed E-state index contributed by atoms with van der Waals surface area (Å²) in [6.45, 7) is 2.50. The summed E-state index contributed by atoms with van der Waals surface area (Å²) in [5, 5.41) is 0. The molecule has 0 bridgehead atoms. The number of primary amides is 1. The van der Waals surface area contributed by atoms with Crippen molar-refractivity contribution in [3.8, 4) is 11.5 Å². The van der Waals surface area contributed by atoms with Crippen LogP contribution in [0.2, 0.25) is 0 Å². The van der Waals surface area contributed by atoms with E-state index in [9.17, 15) is 4.79 Å². The van der Waals surface area contributed by atoms with Crippen LogP contribution >= 0.6 is 0 Å². The normalized spacial score (nSPS) is 10.2. The molecular weight excluding hydrogens is 240 g/mol. The van der Waals surface area contributed by atoms with Crippen molar-refractivity contribution >= 4 is 5.91 Å². The van der Waals surface area contributed by atoms with Gasteiger partial charge in [0.2, 0.25) is 5.91 Å². The van der Waals surface area contributed by atoms with Crippen LogP contribution in [0.4, 0.5) is 0 Å². The lowest BCUT2D eigenvalue weighted by Gasteiger charge is -2.09. The number of amides is 1. The second-order valence-electron chi connectivity index (χ2n) is 4.28. The predicted octanol–water partition coefficient (Wildman–Crippen LogP) is 2.34. The van der Waals surface area contributed by atoms with Crippen LogP contribution in [0.3, 0.4) is 0 Å². The van der Waals surface area contributed by atoms with Crippen LogP contribution in [0, 0.1) is 6.92 Å². The fraction of sp³-hybridized carbons (Fsp3) is 0.133. The molecule has 0 saturated heterocycles. The van der Waals surface area contributed by atoms with E-state index in [4.69, 9.17) is 16.2 Å². The number of rotatable bonds is 4. The van der Waals surface area contributed by atoms with Crippen LogP contribution in [0.25, 0.3) is 0 Å². The fourth-order valence-electron chi connectivity index (χ4n) is 1.78. The molecule has 2 aromatic rings. The summed E-state index contributed by atoms with van der Waals surface area (Å²) in [5.41, 5.74) is 13.4. The van der Waals surface area contributed by atoms with Gasteiger partial charge in [-0.25, -0.2) is 0 Å². The van der Waals surface area contributed by atoms with Gasteiger partial charge in [-0.15, -0.1) is 0 Å². The van der Waals surface area contributed by atoms with Crippen LogP contribution in [-0.2, 0) is 6.54 Å². The zero-order valence-electron chi connectivity index (χ0n) is 10.7. The Morgan fingerprint density at radius 1 is 1.11 bits per heavy atom. The van der Waals surface area contributed by atoms with Crippen molar-refractivity contribution in [1.29, 1.82) is 0 Å². The number of benzene rings is 2. The molecule has 4 N–H and O–H groups in total. The Labute approximate surface area is 112 Å². The average Bonchev–Trinajstić information content (AvgIpc) is 2.39. The van der Waals surface area contributed by atoms with Gasteiger partial charge in [0.1, 0.15) is 11.5 Å². The summed E-state index contributed by atoms with van der Waals surface area (Å²) < 4.78 is 5.70. The second kappa shape index (κ2) is 5.54. The molecule has 1 amide bonds. The lowest BCUT2D eigenvalue weighted by molar-refractivity contribution is 0.100. The zero-order valence-corrected chi connectivity index (χ0v) is 10.7. The topological polar surface area (TPSA) is 78.3 Å². The number of nitrogens with two attached hydrogens (primary N) is 2. The molecule has 0 fully saturated rings. The van der Waals surface area contributed by atoms with Gasteiger partial charge >= 0.3 is 0 Å². The number of hydrogen-bond acceptors (Lipinski definition) is 3. The summed E-state index contributed by atoms with van der Waals surface area (Å²) in [5.74, 6) is 0.945. The van der Waals surface area contributed by atoms with E-state index in [1.54, 1.807) is 24.3 Å². The molecule has 19 heavy (non-hydrogen) atoms. The number of ether oxygens (including phenoxy) is 1. The number of hydrogen-bond donors (Lipinski definition) is 2. The number of carbonyl (C=O) groups excluding carboxylic acids is 1. The van der Waals surface area contributed by atoms with E-state index in [1.807, 2.05) is 25.1 Å². The third-order valence-electron chi connectivity index (χ3n) is 2.91. The highest BCUT2D eigenvalue weighted by atomic mass is 16.5. The van der Waals surface area contributed by atoms with E-state index in [1.165, 1.54) is 0 Å². The Bertz CT molecular complexity index is 592. The van der Waals surface area contributed by atoms with Crippen LogP contribution in [0.15, 0.2) is 42.5 Å². The largest absolute Gasteiger partial charge is 0.457 e. The van der Waals surface area contributed by atoms with Crippen molar-refractivity contribution in [1.82, 2.24) is 0 Å². The van der Waals surface area contributed by atoms with Crippen molar-refractivity contribution in [3.63, 3.8) is 0 Å². The van der Waals surface area contributed by atoms with Crippen molar-refractivity contribution < 1.29 is 9.53 Å². The number of carbonyl (C=O) groups is 1. The summed E-state index contributed by atoms with van der Waals surface area (Å²) in [6.07, 6.45) is 0. The predicted molar refractivity (Wildman–Crippen MR) is 74.1 cm³/mol. The zero-order chi connectivity index (χ0) is 13.8. The molecular formula is C15H16N2O2. The van der Waals surface area contributed by atoms with E-state index in [2.05, 4.69) is 0 Å². The fourth-order valence-corrected chi connectivity index (χ4v) is 1.78. The maximum absolute atomic E-state index is 11.0. The smallest absolute Gasteiger partial charge is 0.248 e. The first-order valence-electron chi connectivity index (χ1n) is 5.97. The van der Waals surface area contributed by atoms with Crippen molar-refractivity contribution in [3.05, 3.63) is 59.2 Å². The Morgan fingerprint density at radius 2 is 1.74 bits per heavy atom. The van der Waals surface area contributed by atoms with Gasteiger partial charge in [-0.3, -0.25) is 4.79 Å². The Hall–Kier alpha value is -2.33. The van der Waals surface area contributed by atoms with E-state index in [0.29, 0.717) is 17.9 Å². The quantitative estimate of drug-likeness (QED) is 0.881. The third-order valence-corrected chi connectivity index (χ3v) is 2.91. The van der Waals surface area contributed by atoms with Gasteiger partial charge in [0, 0.05) is 12.1 Å². The van der Waals surface area contributed by atoms with Crippen molar-refractivity contribution in [2.24, 2.45) is 11.5 Å². The van der Waals surface area contributed by atoms with Crippen LogP contribution in [-0.4, -0.2) is 5.91 Å². The minimum atomic E-state index is -0.449. The molecule has 0 saturated carbocycles. The lowest BCUT2D eigenvalue weighted by Crippen LogP contribution is -2.10. The second-order valence-corrected chi connectivity index (χ2v) is 4.28. The molecule has 4 heteroatoms. The van der Waals surface area contributed by atoms with Crippen molar-refractivity contribution in [2.45, 2.75) is 13.5 Å². The van der Waals surface area contributed by atoms with E-state index < -0.39 is 5.91 Å². The summed E-state index contributed by atoms with van der Waals surface area (Å²) >= 11 is 0. The monoisotopic (exact) mass is 256 g/mol. The summed E-state index contributed by atoms with van der Waals surface area (Å²) in [6, 6.07) is 12.5. The van der Waals surface area contributed by atoms with Crippen LogP contribution in [0.1, 0.15) is 21.5 Å². The maximum atomic E-state index is 11.0. The molecule has 2 aromatic carbocycles. The van der Waals surface area contributed by atoms with Gasteiger partial charge in [-0.05, 0) is 54.4 Å². The molecule has 0 aromatic heterocycles.